The molecule has 106 valence electrons. The molecule has 0 spiro atoms. The topological polar surface area (TPSA) is 24.0 Å². The molecule has 4 heteroatoms. The summed E-state index contributed by atoms with van der Waals surface area (Å²) in [6.45, 7) is 6.47. The Balaban J connectivity index is 1.74. The molecule has 1 aliphatic heterocycles. The van der Waals surface area contributed by atoms with Gasteiger partial charge in [-0.2, -0.15) is 0 Å². The van der Waals surface area contributed by atoms with E-state index < -0.39 is 0 Å². The van der Waals surface area contributed by atoms with E-state index in [0.29, 0.717) is 12.1 Å². The van der Waals surface area contributed by atoms with Crippen molar-refractivity contribution in [3.63, 3.8) is 0 Å². The first kappa shape index (κ1) is 13.6. The molecule has 0 radical (unpaired) electrons. The maximum Gasteiger partial charge on any atom is 0.177 e. The molecule has 0 bridgehead atoms. The molecule has 0 saturated carbocycles. The minimum absolute atomic E-state index is 0.492. The fourth-order valence-corrected chi connectivity index (χ4v) is 3.47. The summed E-state index contributed by atoms with van der Waals surface area (Å²) in [6, 6.07) is 11.8. The first-order chi connectivity index (χ1) is 9.63. The lowest BCUT2D eigenvalue weighted by molar-refractivity contribution is 0.255. The number of hydrogen-bond acceptors (Lipinski definition) is 2. The third-order valence-corrected chi connectivity index (χ3v) is 4.49. The lowest BCUT2D eigenvalue weighted by atomic mass is 10.2. The van der Waals surface area contributed by atoms with Gasteiger partial charge in [0.25, 0.3) is 0 Å². The molecular formula is C16H21N3S. The van der Waals surface area contributed by atoms with Gasteiger partial charge < -0.3 is 9.55 Å². The van der Waals surface area contributed by atoms with E-state index >= 15 is 0 Å². The zero-order valence-electron chi connectivity index (χ0n) is 12.0. The van der Waals surface area contributed by atoms with Crippen LogP contribution in [0, 0.1) is 11.7 Å². The number of benzene rings is 1. The molecule has 1 aromatic carbocycles. The number of aromatic nitrogens is 2. The fraction of sp³-hybridized carbons (Fsp3) is 0.438. The summed E-state index contributed by atoms with van der Waals surface area (Å²) in [6.07, 6.45) is 3.31. The second-order valence-corrected chi connectivity index (χ2v) is 6.19. The van der Waals surface area contributed by atoms with E-state index in [0.717, 1.165) is 23.6 Å². The highest BCUT2D eigenvalue weighted by Gasteiger charge is 2.30. The van der Waals surface area contributed by atoms with Crippen molar-refractivity contribution in [2.24, 2.45) is 0 Å². The van der Waals surface area contributed by atoms with Gasteiger partial charge in [-0.15, -0.1) is 0 Å². The van der Waals surface area contributed by atoms with Crippen molar-refractivity contribution in [2.75, 3.05) is 6.54 Å². The lowest BCUT2D eigenvalue weighted by Crippen LogP contribution is -2.26. The predicted molar refractivity (Wildman–Crippen MR) is 84.3 cm³/mol. The summed E-state index contributed by atoms with van der Waals surface area (Å²) in [5, 5.41) is 0. The summed E-state index contributed by atoms with van der Waals surface area (Å²) < 4.78 is 3.08. The Morgan fingerprint density at radius 2 is 2.05 bits per heavy atom. The second-order valence-electron chi connectivity index (χ2n) is 5.80. The largest absolute Gasteiger partial charge is 0.335 e. The van der Waals surface area contributed by atoms with E-state index in [9.17, 15) is 0 Å². The fourth-order valence-electron chi connectivity index (χ4n) is 3.11. The monoisotopic (exact) mass is 287 g/mol. The lowest BCUT2D eigenvalue weighted by Gasteiger charge is -2.20. The first-order valence-electron chi connectivity index (χ1n) is 7.19. The molecule has 2 heterocycles. The molecule has 1 aliphatic rings. The van der Waals surface area contributed by atoms with Crippen LogP contribution in [0.2, 0.25) is 0 Å². The molecule has 20 heavy (non-hydrogen) atoms. The molecule has 3 rings (SSSR count). The van der Waals surface area contributed by atoms with Gasteiger partial charge >= 0.3 is 0 Å². The average molecular weight is 287 g/mol. The molecule has 1 aromatic heterocycles. The first-order valence-corrected chi connectivity index (χ1v) is 7.60. The molecule has 2 aromatic rings. The summed E-state index contributed by atoms with van der Waals surface area (Å²) in [5.41, 5.74) is 2.53. The number of nitrogens with zero attached hydrogens (tertiary/aromatic N) is 2. The second kappa shape index (κ2) is 5.54. The number of aryl methyl sites for hydroxylation is 1. The van der Waals surface area contributed by atoms with Gasteiger partial charge in [0.2, 0.25) is 0 Å². The van der Waals surface area contributed by atoms with Gasteiger partial charge in [0, 0.05) is 31.0 Å². The van der Waals surface area contributed by atoms with Crippen molar-refractivity contribution in [3.05, 3.63) is 52.6 Å². The smallest absolute Gasteiger partial charge is 0.177 e. The van der Waals surface area contributed by atoms with Crippen molar-refractivity contribution in [1.82, 2.24) is 14.5 Å². The highest BCUT2D eigenvalue weighted by atomic mass is 32.1. The molecule has 0 aliphatic carbocycles. The van der Waals surface area contributed by atoms with Crippen LogP contribution in [-0.4, -0.2) is 27.0 Å². The van der Waals surface area contributed by atoms with Gasteiger partial charge in [-0.1, -0.05) is 30.3 Å². The minimum atomic E-state index is 0.492. The number of aromatic amines is 1. The number of nitrogens with one attached hydrogen (secondary N) is 1. The highest BCUT2D eigenvalue weighted by Crippen LogP contribution is 2.29. The number of rotatable bonds is 3. The van der Waals surface area contributed by atoms with Crippen LogP contribution >= 0.6 is 12.2 Å². The molecule has 1 fully saturated rings. The summed E-state index contributed by atoms with van der Waals surface area (Å²) >= 11 is 5.41. The van der Waals surface area contributed by atoms with Gasteiger partial charge in [0.05, 0.1) is 6.04 Å². The van der Waals surface area contributed by atoms with E-state index in [4.69, 9.17) is 12.2 Å². The Labute approximate surface area is 125 Å². The van der Waals surface area contributed by atoms with Gasteiger partial charge in [0.1, 0.15) is 0 Å². The Bertz CT molecular complexity index is 629. The number of H-pyrrole nitrogens is 1. The molecule has 2 unspecified atom stereocenters. The van der Waals surface area contributed by atoms with Crippen LogP contribution in [0.5, 0.6) is 0 Å². The van der Waals surface area contributed by atoms with E-state index in [-0.39, 0.29) is 0 Å². The van der Waals surface area contributed by atoms with Crippen molar-refractivity contribution in [2.45, 2.75) is 38.9 Å². The third-order valence-electron chi connectivity index (χ3n) is 4.18. The van der Waals surface area contributed by atoms with E-state index in [1.54, 1.807) is 0 Å². The van der Waals surface area contributed by atoms with E-state index in [1.165, 1.54) is 12.0 Å². The van der Waals surface area contributed by atoms with Crippen LogP contribution in [0.15, 0.2) is 36.5 Å². The minimum Gasteiger partial charge on any atom is -0.335 e. The standard InChI is InChI=1S/C16H21N3S/c1-12-9-19(16(20)17-12)15-8-13(2)18(11-15)10-14-6-4-3-5-7-14/h3-7,9,13,15H,8,10-11H2,1-2H3,(H,17,20). The predicted octanol–water partition coefficient (Wildman–Crippen LogP) is 3.69. The average Bonchev–Trinajstić information content (AvgIpc) is 2.94. The number of likely N-dealkylation sites (tertiary alicyclic amines) is 1. The van der Waals surface area contributed by atoms with Crippen molar-refractivity contribution < 1.29 is 0 Å². The summed E-state index contributed by atoms with van der Waals surface area (Å²) in [5.74, 6) is 0. The maximum absolute atomic E-state index is 5.41. The molecular weight excluding hydrogens is 266 g/mol. The third kappa shape index (κ3) is 2.72. The molecule has 0 amide bonds. The zero-order valence-corrected chi connectivity index (χ0v) is 12.9. The SMILES string of the molecule is Cc1cn(C2CC(C)N(Cc3ccccc3)C2)c(=S)[nH]1. The van der Waals surface area contributed by atoms with Gasteiger partial charge in [-0.05, 0) is 38.0 Å². The number of imidazole rings is 1. The van der Waals surface area contributed by atoms with E-state index in [2.05, 4.69) is 64.8 Å². The Morgan fingerprint density at radius 3 is 2.70 bits per heavy atom. The van der Waals surface area contributed by atoms with Gasteiger partial charge in [-0.3, -0.25) is 4.90 Å². The quantitative estimate of drug-likeness (QED) is 0.871. The van der Waals surface area contributed by atoms with Crippen LogP contribution in [0.1, 0.15) is 30.6 Å². The van der Waals surface area contributed by atoms with Gasteiger partial charge in [0.15, 0.2) is 4.77 Å². The molecule has 3 nitrogen and oxygen atoms in total. The van der Waals surface area contributed by atoms with E-state index in [1.807, 2.05) is 0 Å². The number of hydrogen-bond donors (Lipinski definition) is 1. The molecule has 1 N–H and O–H groups in total. The van der Waals surface area contributed by atoms with Crippen LogP contribution in [0.25, 0.3) is 0 Å². The van der Waals surface area contributed by atoms with Crippen LogP contribution in [0.4, 0.5) is 0 Å². The Morgan fingerprint density at radius 1 is 1.30 bits per heavy atom. The van der Waals surface area contributed by atoms with Crippen molar-refractivity contribution in [3.8, 4) is 0 Å². The van der Waals surface area contributed by atoms with Gasteiger partial charge in [-0.25, -0.2) is 0 Å². The Hall–Kier alpha value is -1.39. The normalized spacial score (nSPS) is 23.3. The van der Waals surface area contributed by atoms with Crippen LogP contribution in [-0.2, 0) is 6.54 Å². The zero-order chi connectivity index (χ0) is 14.1. The summed E-state index contributed by atoms with van der Waals surface area (Å²) in [4.78, 5) is 5.77. The Kier molecular flexibility index (Phi) is 3.76. The van der Waals surface area contributed by atoms with Crippen LogP contribution in [0.3, 0.4) is 0 Å². The van der Waals surface area contributed by atoms with Crippen LogP contribution < -0.4 is 0 Å². The molecule has 2 atom stereocenters. The summed E-state index contributed by atoms with van der Waals surface area (Å²) in [7, 11) is 0. The molecule has 1 saturated heterocycles. The van der Waals surface area contributed by atoms with Crippen molar-refractivity contribution >= 4 is 12.2 Å². The van der Waals surface area contributed by atoms with Crippen molar-refractivity contribution in [1.29, 1.82) is 0 Å². The highest BCUT2D eigenvalue weighted by molar-refractivity contribution is 7.71. The maximum atomic E-state index is 5.41.